The SMILES string of the molecule is CCOc1cc2nc(CC)cc(N)c2cc1OCC. The zero-order valence-corrected chi connectivity index (χ0v) is 11.7. The zero-order valence-electron chi connectivity index (χ0n) is 11.7. The number of hydrogen-bond acceptors (Lipinski definition) is 4. The Labute approximate surface area is 113 Å². The minimum absolute atomic E-state index is 0.589. The molecule has 0 aliphatic carbocycles. The van der Waals surface area contributed by atoms with Crippen molar-refractivity contribution < 1.29 is 9.47 Å². The molecule has 0 spiro atoms. The fourth-order valence-corrected chi connectivity index (χ4v) is 2.03. The number of nitrogen functional groups attached to an aromatic ring is 1. The maximum Gasteiger partial charge on any atom is 0.163 e. The molecule has 0 unspecified atom stereocenters. The lowest BCUT2D eigenvalue weighted by Crippen LogP contribution is -2.00. The van der Waals surface area contributed by atoms with Gasteiger partial charge in [-0.1, -0.05) is 6.92 Å². The molecule has 0 fully saturated rings. The number of rotatable bonds is 5. The number of aromatic nitrogens is 1. The number of ether oxygens (including phenoxy) is 2. The van der Waals surface area contributed by atoms with Gasteiger partial charge in [0.15, 0.2) is 11.5 Å². The summed E-state index contributed by atoms with van der Waals surface area (Å²) in [6, 6.07) is 5.73. The van der Waals surface area contributed by atoms with E-state index in [1.165, 1.54) is 0 Å². The number of fused-ring (bicyclic) bond motifs is 1. The Morgan fingerprint density at radius 2 is 1.63 bits per heavy atom. The van der Waals surface area contributed by atoms with Crippen LogP contribution in [0, 0.1) is 0 Å². The molecule has 2 rings (SSSR count). The van der Waals surface area contributed by atoms with Crippen LogP contribution in [0.25, 0.3) is 10.9 Å². The quantitative estimate of drug-likeness (QED) is 0.897. The second-order valence-electron chi connectivity index (χ2n) is 4.24. The van der Waals surface area contributed by atoms with E-state index in [9.17, 15) is 0 Å². The molecule has 1 aromatic heterocycles. The topological polar surface area (TPSA) is 57.4 Å². The highest BCUT2D eigenvalue weighted by atomic mass is 16.5. The van der Waals surface area contributed by atoms with Gasteiger partial charge in [0.05, 0.1) is 18.7 Å². The number of nitrogens with zero attached hydrogens (tertiary/aromatic N) is 1. The summed E-state index contributed by atoms with van der Waals surface area (Å²) < 4.78 is 11.2. The van der Waals surface area contributed by atoms with E-state index < -0.39 is 0 Å². The fourth-order valence-electron chi connectivity index (χ4n) is 2.03. The van der Waals surface area contributed by atoms with E-state index in [0.29, 0.717) is 13.2 Å². The number of aryl methyl sites for hydroxylation is 1. The molecule has 0 atom stereocenters. The van der Waals surface area contributed by atoms with Crippen LogP contribution < -0.4 is 15.2 Å². The van der Waals surface area contributed by atoms with Gasteiger partial charge >= 0.3 is 0 Å². The molecule has 1 heterocycles. The van der Waals surface area contributed by atoms with Crippen molar-refractivity contribution in [2.45, 2.75) is 27.2 Å². The summed E-state index contributed by atoms with van der Waals surface area (Å²) in [5, 5.41) is 0.907. The molecule has 4 heteroatoms. The lowest BCUT2D eigenvalue weighted by Gasteiger charge is -2.13. The van der Waals surface area contributed by atoms with E-state index >= 15 is 0 Å². The van der Waals surface area contributed by atoms with Crippen molar-refractivity contribution in [2.24, 2.45) is 0 Å². The second kappa shape index (κ2) is 5.78. The highest BCUT2D eigenvalue weighted by Crippen LogP contribution is 2.34. The first-order valence-electron chi connectivity index (χ1n) is 6.68. The Bertz CT molecular complexity index is 582. The van der Waals surface area contributed by atoms with Gasteiger partial charge in [0.25, 0.3) is 0 Å². The van der Waals surface area contributed by atoms with Gasteiger partial charge in [0.1, 0.15) is 0 Å². The third-order valence-corrected chi connectivity index (χ3v) is 2.92. The van der Waals surface area contributed by atoms with Crippen molar-refractivity contribution in [3.05, 3.63) is 23.9 Å². The number of hydrogen-bond donors (Lipinski definition) is 1. The van der Waals surface area contributed by atoms with Crippen LogP contribution in [-0.2, 0) is 6.42 Å². The summed E-state index contributed by atoms with van der Waals surface area (Å²) in [6.45, 7) is 7.14. The Hall–Kier alpha value is -1.97. The predicted octanol–water partition coefficient (Wildman–Crippen LogP) is 3.18. The molecule has 2 aromatic rings. The lowest BCUT2D eigenvalue weighted by molar-refractivity contribution is 0.288. The van der Waals surface area contributed by atoms with Crippen molar-refractivity contribution in [1.82, 2.24) is 4.98 Å². The first-order chi connectivity index (χ1) is 9.19. The average Bonchev–Trinajstić information content (AvgIpc) is 2.40. The number of benzene rings is 1. The van der Waals surface area contributed by atoms with Crippen LogP contribution in [0.1, 0.15) is 26.5 Å². The third kappa shape index (κ3) is 2.72. The van der Waals surface area contributed by atoms with Gasteiger partial charge in [0.2, 0.25) is 0 Å². The molecule has 0 saturated heterocycles. The van der Waals surface area contributed by atoms with Crippen LogP contribution in [0.2, 0.25) is 0 Å². The molecule has 0 amide bonds. The predicted molar refractivity (Wildman–Crippen MR) is 77.9 cm³/mol. The highest BCUT2D eigenvalue weighted by molar-refractivity contribution is 5.92. The van der Waals surface area contributed by atoms with Crippen molar-refractivity contribution in [3.8, 4) is 11.5 Å². The van der Waals surface area contributed by atoms with E-state index in [1.54, 1.807) is 0 Å². The molecule has 102 valence electrons. The van der Waals surface area contributed by atoms with Crippen molar-refractivity contribution in [1.29, 1.82) is 0 Å². The molecule has 0 saturated carbocycles. The van der Waals surface area contributed by atoms with Crippen LogP contribution in [0.5, 0.6) is 11.5 Å². The zero-order chi connectivity index (χ0) is 13.8. The van der Waals surface area contributed by atoms with Crippen molar-refractivity contribution >= 4 is 16.6 Å². The molecular formula is C15H20N2O2. The van der Waals surface area contributed by atoms with Crippen molar-refractivity contribution in [3.63, 3.8) is 0 Å². The van der Waals surface area contributed by atoms with Gasteiger partial charge in [-0.05, 0) is 32.4 Å². The summed E-state index contributed by atoms with van der Waals surface area (Å²) in [7, 11) is 0. The van der Waals surface area contributed by atoms with Crippen LogP contribution >= 0.6 is 0 Å². The minimum Gasteiger partial charge on any atom is -0.490 e. The maximum atomic E-state index is 6.09. The molecule has 4 nitrogen and oxygen atoms in total. The summed E-state index contributed by atoms with van der Waals surface area (Å²) in [5.74, 6) is 1.44. The largest absolute Gasteiger partial charge is 0.490 e. The minimum atomic E-state index is 0.589. The second-order valence-corrected chi connectivity index (χ2v) is 4.24. The highest BCUT2D eigenvalue weighted by Gasteiger charge is 2.11. The van der Waals surface area contributed by atoms with Gasteiger partial charge < -0.3 is 15.2 Å². The van der Waals surface area contributed by atoms with Gasteiger partial charge in [-0.2, -0.15) is 0 Å². The third-order valence-electron chi connectivity index (χ3n) is 2.92. The fraction of sp³-hybridized carbons (Fsp3) is 0.400. The van der Waals surface area contributed by atoms with Gasteiger partial charge in [-0.15, -0.1) is 0 Å². The van der Waals surface area contributed by atoms with E-state index in [4.69, 9.17) is 15.2 Å². The number of anilines is 1. The smallest absolute Gasteiger partial charge is 0.163 e. The number of pyridine rings is 1. The monoisotopic (exact) mass is 260 g/mol. The van der Waals surface area contributed by atoms with E-state index in [-0.39, 0.29) is 0 Å². The van der Waals surface area contributed by atoms with Crippen LogP contribution in [0.3, 0.4) is 0 Å². The first kappa shape index (κ1) is 13.5. The van der Waals surface area contributed by atoms with Crippen LogP contribution in [0.15, 0.2) is 18.2 Å². The van der Waals surface area contributed by atoms with Gasteiger partial charge in [-0.25, -0.2) is 0 Å². The molecule has 0 aliphatic heterocycles. The summed E-state index contributed by atoms with van der Waals surface area (Å²) in [4.78, 5) is 4.58. The Balaban J connectivity index is 2.62. The molecule has 2 N–H and O–H groups in total. The van der Waals surface area contributed by atoms with Crippen LogP contribution in [0.4, 0.5) is 5.69 Å². The van der Waals surface area contributed by atoms with Gasteiger partial charge in [0, 0.05) is 22.8 Å². The molecule has 1 aromatic carbocycles. The van der Waals surface area contributed by atoms with E-state index in [1.807, 2.05) is 32.0 Å². The summed E-state index contributed by atoms with van der Waals surface area (Å²) in [5.41, 5.74) is 8.65. The molecule has 0 radical (unpaired) electrons. The Kier molecular flexibility index (Phi) is 4.10. The Morgan fingerprint density at radius 1 is 1.00 bits per heavy atom. The summed E-state index contributed by atoms with van der Waals surface area (Å²) in [6.07, 6.45) is 0.858. The van der Waals surface area contributed by atoms with Crippen LogP contribution in [-0.4, -0.2) is 18.2 Å². The van der Waals surface area contributed by atoms with E-state index in [2.05, 4.69) is 11.9 Å². The molecular weight excluding hydrogens is 240 g/mol. The van der Waals surface area contributed by atoms with Gasteiger partial charge in [-0.3, -0.25) is 4.98 Å². The normalized spacial score (nSPS) is 10.7. The molecule has 0 bridgehead atoms. The molecule has 0 aliphatic rings. The molecule has 19 heavy (non-hydrogen) atoms. The first-order valence-corrected chi connectivity index (χ1v) is 6.68. The van der Waals surface area contributed by atoms with Crippen molar-refractivity contribution in [2.75, 3.05) is 18.9 Å². The lowest BCUT2D eigenvalue weighted by atomic mass is 10.1. The summed E-state index contributed by atoms with van der Waals surface area (Å²) >= 11 is 0. The average molecular weight is 260 g/mol. The maximum absolute atomic E-state index is 6.09. The number of nitrogens with two attached hydrogens (primary N) is 1. The van der Waals surface area contributed by atoms with E-state index in [0.717, 1.165) is 40.2 Å². The Morgan fingerprint density at radius 3 is 2.21 bits per heavy atom. The standard InChI is InChI=1S/C15H20N2O2/c1-4-10-7-12(16)11-8-14(18-5-2)15(19-6-3)9-13(11)17-10/h7-9H,4-6H2,1-3H3,(H2,16,17).